The number of aromatic carboxylic acids is 1. The number of anilines is 1. The van der Waals surface area contributed by atoms with Crippen LogP contribution < -0.4 is 5.73 Å². The lowest BCUT2D eigenvalue weighted by Crippen LogP contribution is -1.96. The van der Waals surface area contributed by atoms with Crippen molar-refractivity contribution in [2.75, 3.05) is 5.73 Å². The molecule has 0 spiro atoms. The van der Waals surface area contributed by atoms with E-state index < -0.39 is 5.97 Å². The third-order valence-electron chi connectivity index (χ3n) is 2.31. The van der Waals surface area contributed by atoms with Gasteiger partial charge in [0.25, 0.3) is 0 Å². The minimum absolute atomic E-state index is 0.227. The molecule has 0 aliphatic rings. The second-order valence-electron chi connectivity index (χ2n) is 3.33. The van der Waals surface area contributed by atoms with Gasteiger partial charge in [-0.1, -0.05) is 6.92 Å². The second-order valence-corrected chi connectivity index (χ2v) is 5.30. The fourth-order valence-corrected chi connectivity index (χ4v) is 3.58. The number of carboxylic acids is 1. The van der Waals surface area contributed by atoms with Gasteiger partial charge < -0.3 is 10.8 Å². The van der Waals surface area contributed by atoms with E-state index in [9.17, 15) is 4.79 Å². The molecule has 0 atom stereocenters. The Balaban J connectivity index is 2.49. The topological polar surface area (TPSA) is 63.3 Å². The van der Waals surface area contributed by atoms with Gasteiger partial charge in [-0.15, -0.1) is 22.7 Å². The molecule has 3 N–H and O–H groups in total. The van der Waals surface area contributed by atoms with Gasteiger partial charge in [0.1, 0.15) is 4.88 Å². The highest BCUT2D eigenvalue weighted by Gasteiger charge is 2.16. The lowest BCUT2D eigenvalue weighted by atomic mass is 10.2. The third kappa shape index (κ3) is 1.83. The number of hydrogen-bond donors (Lipinski definition) is 2. The first kappa shape index (κ1) is 11.2. The van der Waals surface area contributed by atoms with Gasteiger partial charge in [-0.2, -0.15) is 0 Å². The highest BCUT2D eigenvalue weighted by atomic mass is 32.1. The molecule has 0 aliphatic carbocycles. The van der Waals surface area contributed by atoms with Crippen LogP contribution in [0.1, 0.15) is 22.2 Å². The van der Waals surface area contributed by atoms with Gasteiger partial charge in [0.05, 0.1) is 5.69 Å². The average Bonchev–Trinajstić information content (AvgIpc) is 2.82. The largest absolute Gasteiger partial charge is 0.477 e. The smallest absolute Gasteiger partial charge is 0.348 e. The molecule has 2 aromatic rings. The van der Waals surface area contributed by atoms with Crippen molar-refractivity contribution < 1.29 is 9.90 Å². The summed E-state index contributed by atoms with van der Waals surface area (Å²) in [4.78, 5) is 13.2. The standard InChI is InChI=1S/C11H11NO2S2/c1-2-6-3-4-15-9(6)8-5-7(12)10(16-8)11(13)14/h3-5H,2,12H2,1H3,(H,13,14). The number of thiophene rings is 2. The van der Waals surface area contributed by atoms with Crippen LogP contribution in [0.25, 0.3) is 9.75 Å². The number of carboxylic acid groups (broad SMARTS) is 1. The van der Waals surface area contributed by atoms with Crippen molar-refractivity contribution in [3.8, 4) is 9.75 Å². The number of nitrogens with two attached hydrogens (primary N) is 1. The lowest BCUT2D eigenvalue weighted by Gasteiger charge is -1.96. The molecular formula is C11H11NO2S2. The van der Waals surface area contributed by atoms with E-state index in [2.05, 4.69) is 13.0 Å². The molecular weight excluding hydrogens is 242 g/mol. The fourth-order valence-electron chi connectivity index (χ4n) is 1.51. The molecule has 84 valence electrons. The van der Waals surface area contributed by atoms with Gasteiger partial charge in [-0.25, -0.2) is 4.79 Å². The first-order chi connectivity index (χ1) is 7.63. The second kappa shape index (κ2) is 4.27. The van der Waals surface area contributed by atoms with Crippen LogP contribution in [0.4, 0.5) is 5.69 Å². The highest BCUT2D eigenvalue weighted by molar-refractivity contribution is 7.22. The van der Waals surface area contributed by atoms with Crippen LogP contribution in [0.15, 0.2) is 17.5 Å². The Bertz CT molecular complexity index is 528. The van der Waals surface area contributed by atoms with E-state index in [1.807, 2.05) is 5.38 Å². The van der Waals surface area contributed by atoms with Gasteiger partial charge in [0.15, 0.2) is 0 Å². The zero-order valence-electron chi connectivity index (χ0n) is 8.69. The van der Waals surface area contributed by atoms with E-state index in [0.717, 1.165) is 16.2 Å². The monoisotopic (exact) mass is 253 g/mol. The Morgan fingerprint density at radius 2 is 2.31 bits per heavy atom. The summed E-state index contributed by atoms with van der Waals surface area (Å²) in [6.45, 7) is 2.08. The van der Waals surface area contributed by atoms with Crippen LogP contribution in [-0.2, 0) is 6.42 Å². The number of aryl methyl sites for hydroxylation is 1. The van der Waals surface area contributed by atoms with E-state index in [1.165, 1.54) is 16.9 Å². The quantitative estimate of drug-likeness (QED) is 0.882. The molecule has 0 fully saturated rings. The van der Waals surface area contributed by atoms with Crippen LogP contribution in [0.5, 0.6) is 0 Å². The number of nitrogen functional groups attached to an aromatic ring is 1. The Kier molecular flexibility index (Phi) is 2.98. The first-order valence-electron chi connectivity index (χ1n) is 4.82. The zero-order chi connectivity index (χ0) is 11.7. The van der Waals surface area contributed by atoms with Gasteiger partial charge in [-0.05, 0) is 29.5 Å². The van der Waals surface area contributed by atoms with Crippen molar-refractivity contribution in [2.24, 2.45) is 0 Å². The van der Waals surface area contributed by atoms with E-state index in [1.54, 1.807) is 17.4 Å². The van der Waals surface area contributed by atoms with Crippen LogP contribution >= 0.6 is 22.7 Å². The van der Waals surface area contributed by atoms with Crippen molar-refractivity contribution in [3.05, 3.63) is 28.0 Å². The maximum atomic E-state index is 10.9. The summed E-state index contributed by atoms with van der Waals surface area (Å²) in [5.41, 5.74) is 7.26. The van der Waals surface area contributed by atoms with Crippen molar-refractivity contribution in [1.82, 2.24) is 0 Å². The molecule has 0 saturated heterocycles. The predicted octanol–water partition coefficient (Wildman–Crippen LogP) is 3.32. The summed E-state index contributed by atoms with van der Waals surface area (Å²) in [6.07, 6.45) is 0.943. The van der Waals surface area contributed by atoms with Crippen LogP contribution in [0.2, 0.25) is 0 Å². The van der Waals surface area contributed by atoms with E-state index in [-0.39, 0.29) is 4.88 Å². The van der Waals surface area contributed by atoms with Crippen LogP contribution in [-0.4, -0.2) is 11.1 Å². The maximum Gasteiger partial charge on any atom is 0.348 e. The van der Waals surface area contributed by atoms with Gasteiger partial charge in [-0.3, -0.25) is 0 Å². The van der Waals surface area contributed by atoms with E-state index in [0.29, 0.717) is 5.69 Å². The Morgan fingerprint density at radius 3 is 2.88 bits per heavy atom. The summed E-state index contributed by atoms with van der Waals surface area (Å²) in [6, 6.07) is 3.81. The van der Waals surface area contributed by atoms with E-state index >= 15 is 0 Å². The Labute approximate surface area is 101 Å². The van der Waals surface area contributed by atoms with Gasteiger partial charge in [0, 0.05) is 9.75 Å². The molecule has 0 unspecified atom stereocenters. The molecule has 0 radical (unpaired) electrons. The summed E-state index contributed by atoms with van der Waals surface area (Å²) in [5.74, 6) is -0.955. The van der Waals surface area contributed by atoms with Crippen molar-refractivity contribution in [3.63, 3.8) is 0 Å². The molecule has 5 heteroatoms. The number of hydrogen-bond acceptors (Lipinski definition) is 4. The predicted molar refractivity (Wildman–Crippen MR) is 68.4 cm³/mol. The van der Waals surface area contributed by atoms with Crippen LogP contribution in [0.3, 0.4) is 0 Å². The molecule has 0 aliphatic heterocycles. The Hall–Kier alpha value is -1.33. The summed E-state index contributed by atoms with van der Waals surface area (Å²) in [5, 5.41) is 11.0. The van der Waals surface area contributed by atoms with E-state index in [4.69, 9.17) is 10.8 Å². The summed E-state index contributed by atoms with van der Waals surface area (Å²) < 4.78 is 0. The van der Waals surface area contributed by atoms with Gasteiger partial charge >= 0.3 is 5.97 Å². The summed E-state index contributed by atoms with van der Waals surface area (Å²) in [7, 11) is 0. The first-order valence-corrected chi connectivity index (χ1v) is 6.52. The molecule has 16 heavy (non-hydrogen) atoms. The minimum Gasteiger partial charge on any atom is -0.477 e. The maximum absolute atomic E-state index is 10.9. The number of carbonyl (C=O) groups is 1. The molecule has 2 aromatic heterocycles. The molecule has 3 nitrogen and oxygen atoms in total. The molecule has 0 bridgehead atoms. The fraction of sp³-hybridized carbons (Fsp3) is 0.182. The SMILES string of the molecule is CCc1ccsc1-c1cc(N)c(C(=O)O)s1. The lowest BCUT2D eigenvalue weighted by molar-refractivity contribution is 0.0703. The normalized spacial score (nSPS) is 10.6. The Morgan fingerprint density at radius 1 is 1.56 bits per heavy atom. The zero-order valence-corrected chi connectivity index (χ0v) is 10.3. The van der Waals surface area contributed by atoms with Gasteiger partial charge in [0.2, 0.25) is 0 Å². The molecule has 2 heterocycles. The van der Waals surface area contributed by atoms with Crippen molar-refractivity contribution in [1.29, 1.82) is 0 Å². The van der Waals surface area contributed by atoms with Crippen molar-refractivity contribution in [2.45, 2.75) is 13.3 Å². The molecule has 0 amide bonds. The average molecular weight is 253 g/mol. The highest BCUT2D eigenvalue weighted by Crippen LogP contribution is 2.38. The molecule has 2 rings (SSSR count). The third-order valence-corrected chi connectivity index (χ3v) is 4.58. The number of rotatable bonds is 3. The van der Waals surface area contributed by atoms with Crippen molar-refractivity contribution >= 4 is 34.3 Å². The summed E-state index contributed by atoms with van der Waals surface area (Å²) >= 11 is 2.86. The molecule has 0 saturated carbocycles. The molecule has 0 aromatic carbocycles. The van der Waals surface area contributed by atoms with Crippen LogP contribution in [0, 0.1) is 0 Å². The minimum atomic E-state index is -0.955.